The van der Waals surface area contributed by atoms with Gasteiger partial charge in [-0.25, -0.2) is 0 Å². The Balaban J connectivity index is 2.71. The molecule has 0 saturated heterocycles. The summed E-state index contributed by atoms with van der Waals surface area (Å²) in [5.41, 5.74) is 7.53. The maximum atomic E-state index is 13.4. The average molecular weight is 308 g/mol. The topological polar surface area (TPSA) is 17.1 Å². The molecule has 2 rings (SSSR count). The highest BCUT2D eigenvalue weighted by atomic mass is 16.1. The van der Waals surface area contributed by atoms with E-state index in [-0.39, 0.29) is 11.2 Å². The Bertz CT molecular complexity index is 745. The third kappa shape index (κ3) is 3.24. The first kappa shape index (κ1) is 17.5. The summed E-state index contributed by atoms with van der Waals surface area (Å²) in [6, 6.07) is 10.2. The summed E-state index contributed by atoms with van der Waals surface area (Å²) in [4.78, 5) is 13.4. The smallest absolute Gasteiger partial charge is 0.193 e. The van der Waals surface area contributed by atoms with E-state index >= 15 is 0 Å². The summed E-state index contributed by atoms with van der Waals surface area (Å²) in [6.45, 7) is 14.9. The predicted molar refractivity (Wildman–Crippen MR) is 98.6 cm³/mol. The molecular weight excluding hydrogens is 280 g/mol. The maximum absolute atomic E-state index is 13.4. The molecule has 122 valence electrons. The molecule has 1 nitrogen and oxygen atoms in total. The highest BCUT2D eigenvalue weighted by Crippen LogP contribution is 2.31. The molecule has 0 amide bonds. The van der Waals surface area contributed by atoms with Crippen LogP contribution in [0.3, 0.4) is 0 Å². The van der Waals surface area contributed by atoms with Crippen molar-refractivity contribution in [3.8, 4) is 0 Å². The van der Waals surface area contributed by atoms with Crippen molar-refractivity contribution in [3.63, 3.8) is 0 Å². The zero-order valence-electron chi connectivity index (χ0n) is 15.5. The quantitative estimate of drug-likeness (QED) is 0.664. The molecule has 0 atom stereocenters. The van der Waals surface area contributed by atoms with Crippen molar-refractivity contribution in [1.82, 2.24) is 0 Å². The van der Waals surface area contributed by atoms with Crippen LogP contribution in [0.2, 0.25) is 0 Å². The number of carbonyl (C=O) groups excluding carboxylic acids is 1. The second-order valence-electron chi connectivity index (χ2n) is 7.46. The van der Waals surface area contributed by atoms with Gasteiger partial charge in [0.25, 0.3) is 0 Å². The lowest BCUT2D eigenvalue weighted by atomic mass is 9.79. The normalized spacial score (nSPS) is 11.6. The Morgan fingerprint density at radius 1 is 0.957 bits per heavy atom. The molecule has 0 bridgehead atoms. The molecule has 0 fully saturated rings. The van der Waals surface area contributed by atoms with Crippen LogP contribution in [0.1, 0.15) is 71.4 Å². The summed E-state index contributed by atoms with van der Waals surface area (Å²) in [5, 5.41) is 0. The molecule has 0 aliphatic carbocycles. The maximum Gasteiger partial charge on any atom is 0.193 e. The van der Waals surface area contributed by atoms with E-state index in [1.807, 2.05) is 25.1 Å². The largest absolute Gasteiger partial charge is 0.289 e. The third-order valence-corrected chi connectivity index (χ3v) is 4.78. The number of hydrogen-bond donors (Lipinski definition) is 0. The third-order valence-electron chi connectivity index (χ3n) is 4.78. The van der Waals surface area contributed by atoms with Crippen LogP contribution in [0.15, 0.2) is 30.3 Å². The van der Waals surface area contributed by atoms with Gasteiger partial charge in [0.1, 0.15) is 0 Å². The monoisotopic (exact) mass is 308 g/mol. The fourth-order valence-corrected chi connectivity index (χ4v) is 3.27. The molecular formula is C22H28O. The first-order chi connectivity index (χ1) is 10.7. The fourth-order valence-electron chi connectivity index (χ4n) is 3.27. The molecule has 23 heavy (non-hydrogen) atoms. The molecule has 0 aromatic heterocycles. The number of ketones is 1. The average Bonchev–Trinajstić information content (AvgIpc) is 2.48. The van der Waals surface area contributed by atoms with Crippen LogP contribution in [0.5, 0.6) is 0 Å². The number of rotatable bonds is 3. The van der Waals surface area contributed by atoms with Gasteiger partial charge in [-0.1, -0.05) is 58.0 Å². The number of benzene rings is 2. The molecule has 0 saturated carbocycles. The zero-order chi connectivity index (χ0) is 17.4. The van der Waals surface area contributed by atoms with Gasteiger partial charge in [-0.3, -0.25) is 4.79 Å². The zero-order valence-corrected chi connectivity index (χ0v) is 15.5. The molecule has 2 aromatic rings. The van der Waals surface area contributed by atoms with Gasteiger partial charge in [-0.2, -0.15) is 0 Å². The van der Waals surface area contributed by atoms with Crippen molar-refractivity contribution >= 4 is 5.78 Å². The van der Waals surface area contributed by atoms with E-state index in [2.05, 4.69) is 53.7 Å². The van der Waals surface area contributed by atoms with Crippen molar-refractivity contribution in [2.75, 3.05) is 0 Å². The number of hydrogen-bond acceptors (Lipinski definition) is 1. The Labute approximate surface area is 140 Å². The van der Waals surface area contributed by atoms with Crippen LogP contribution in [-0.4, -0.2) is 5.78 Å². The molecule has 0 N–H and O–H groups in total. The SMILES string of the molecule is CCc1c(C(=O)c2c(C)cccc2C(C)(C)C)ccc(C)c1C. The van der Waals surface area contributed by atoms with Crippen LogP contribution in [-0.2, 0) is 11.8 Å². The lowest BCUT2D eigenvalue weighted by Gasteiger charge is -2.24. The molecule has 0 spiro atoms. The minimum atomic E-state index is -0.0524. The van der Waals surface area contributed by atoms with E-state index in [0.29, 0.717) is 0 Å². The summed E-state index contributed by atoms with van der Waals surface area (Å²) >= 11 is 0. The van der Waals surface area contributed by atoms with Gasteiger partial charge in [-0.05, 0) is 60.4 Å². The van der Waals surface area contributed by atoms with E-state index in [0.717, 1.165) is 28.7 Å². The predicted octanol–water partition coefficient (Wildman–Crippen LogP) is 5.70. The Hall–Kier alpha value is -1.89. The fraction of sp³-hybridized carbons (Fsp3) is 0.409. The van der Waals surface area contributed by atoms with E-state index in [4.69, 9.17) is 0 Å². The van der Waals surface area contributed by atoms with Gasteiger partial charge in [0.05, 0.1) is 0 Å². The van der Waals surface area contributed by atoms with Crippen LogP contribution in [0.25, 0.3) is 0 Å². The second kappa shape index (κ2) is 6.31. The summed E-state index contributed by atoms with van der Waals surface area (Å²) in [7, 11) is 0. The molecule has 2 aromatic carbocycles. The molecule has 0 aliphatic rings. The van der Waals surface area contributed by atoms with Crippen LogP contribution < -0.4 is 0 Å². The van der Waals surface area contributed by atoms with Gasteiger partial charge in [0.2, 0.25) is 0 Å². The van der Waals surface area contributed by atoms with Crippen molar-refractivity contribution in [1.29, 1.82) is 0 Å². The van der Waals surface area contributed by atoms with Gasteiger partial charge in [0, 0.05) is 11.1 Å². The van der Waals surface area contributed by atoms with E-state index in [1.165, 1.54) is 16.7 Å². The van der Waals surface area contributed by atoms with Gasteiger partial charge in [-0.15, -0.1) is 0 Å². The van der Waals surface area contributed by atoms with Crippen LogP contribution in [0, 0.1) is 20.8 Å². The summed E-state index contributed by atoms with van der Waals surface area (Å²) < 4.78 is 0. The van der Waals surface area contributed by atoms with E-state index in [1.54, 1.807) is 0 Å². The van der Waals surface area contributed by atoms with Gasteiger partial charge < -0.3 is 0 Å². The van der Waals surface area contributed by atoms with Crippen molar-refractivity contribution in [2.45, 2.75) is 60.3 Å². The lowest BCUT2D eigenvalue weighted by Crippen LogP contribution is -2.19. The van der Waals surface area contributed by atoms with Gasteiger partial charge >= 0.3 is 0 Å². The summed E-state index contributed by atoms with van der Waals surface area (Å²) in [5.74, 6) is 0.160. The second-order valence-corrected chi connectivity index (χ2v) is 7.46. The Kier molecular flexibility index (Phi) is 4.79. The van der Waals surface area contributed by atoms with Crippen LogP contribution in [0.4, 0.5) is 0 Å². The molecule has 0 aliphatic heterocycles. The van der Waals surface area contributed by atoms with Crippen molar-refractivity contribution in [3.05, 3.63) is 69.3 Å². The molecule has 0 unspecified atom stereocenters. The van der Waals surface area contributed by atoms with Crippen molar-refractivity contribution in [2.24, 2.45) is 0 Å². The van der Waals surface area contributed by atoms with E-state index < -0.39 is 0 Å². The summed E-state index contributed by atoms with van der Waals surface area (Å²) in [6.07, 6.45) is 0.880. The van der Waals surface area contributed by atoms with Crippen LogP contribution >= 0.6 is 0 Å². The first-order valence-electron chi connectivity index (χ1n) is 8.42. The van der Waals surface area contributed by atoms with E-state index in [9.17, 15) is 4.79 Å². The lowest BCUT2D eigenvalue weighted by molar-refractivity contribution is 0.103. The molecule has 0 radical (unpaired) electrons. The number of aryl methyl sites for hydroxylation is 2. The highest BCUT2D eigenvalue weighted by Gasteiger charge is 2.25. The standard InChI is InChI=1S/C22H28O/c1-8-17-16(4)14(2)12-13-18(17)21(23)20-15(3)10-9-11-19(20)22(5,6)7/h9-13H,8H2,1-7H3. The first-order valence-corrected chi connectivity index (χ1v) is 8.42. The Morgan fingerprint density at radius 3 is 2.17 bits per heavy atom. The Morgan fingerprint density at radius 2 is 1.61 bits per heavy atom. The molecule has 0 heterocycles. The number of carbonyl (C=O) groups is 1. The van der Waals surface area contributed by atoms with Crippen molar-refractivity contribution < 1.29 is 4.79 Å². The minimum Gasteiger partial charge on any atom is -0.289 e. The molecule has 1 heteroatoms. The highest BCUT2D eigenvalue weighted by molar-refractivity contribution is 6.12. The van der Waals surface area contributed by atoms with Gasteiger partial charge in [0.15, 0.2) is 5.78 Å². The minimum absolute atomic E-state index is 0.0524.